The van der Waals surface area contributed by atoms with Crippen molar-refractivity contribution < 1.29 is 19.0 Å². The number of ether oxygens (including phenoxy) is 1. The second-order valence-corrected chi connectivity index (χ2v) is 6.53. The molecule has 1 unspecified atom stereocenters. The molecule has 1 aromatic carbocycles. The monoisotopic (exact) mass is 332 g/mol. The van der Waals surface area contributed by atoms with Gasteiger partial charge in [0.05, 0.1) is 23.4 Å². The molecular formula is C18H21FN2O3. The highest BCUT2D eigenvalue weighted by molar-refractivity contribution is 6.06. The van der Waals surface area contributed by atoms with Crippen molar-refractivity contribution in [3.05, 3.63) is 35.3 Å². The molecule has 128 valence electrons. The Kier molecular flexibility index (Phi) is 4.17. The van der Waals surface area contributed by atoms with Crippen molar-refractivity contribution in [2.75, 3.05) is 24.6 Å². The Morgan fingerprint density at radius 1 is 1.50 bits per heavy atom. The second kappa shape index (κ2) is 6.02. The van der Waals surface area contributed by atoms with Gasteiger partial charge in [0, 0.05) is 24.7 Å². The van der Waals surface area contributed by atoms with Crippen molar-refractivity contribution in [2.45, 2.75) is 32.8 Å². The van der Waals surface area contributed by atoms with E-state index in [9.17, 15) is 14.3 Å². The quantitative estimate of drug-likeness (QED) is 0.876. The molecule has 1 aliphatic rings. The van der Waals surface area contributed by atoms with Gasteiger partial charge >= 0.3 is 5.97 Å². The molecule has 1 N–H and O–H groups in total. The van der Waals surface area contributed by atoms with Crippen molar-refractivity contribution in [1.29, 1.82) is 0 Å². The number of rotatable bonds is 3. The van der Waals surface area contributed by atoms with Crippen LogP contribution in [-0.4, -0.2) is 41.4 Å². The smallest absolute Gasteiger partial charge is 0.341 e. The number of hydrogen-bond acceptors (Lipinski definition) is 5. The van der Waals surface area contributed by atoms with Crippen molar-refractivity contribution in [2.24, 2.45) is 0 Å². The average molecular weight is 332 g/mol. The summed E-state index contributed by atoms with van der Waals surface area (Å²) in [5, 5.41) is 10.9. The molecule has 3 rings (SSSR count). The minimum absolute atomic E-state index is 0.246. The van der Waals surface area contributed by atoms with Gasteiger partial charge in [-0.2, -0.15) is 0 Å². The number of anilines is 1. The topological polar surface area (TPSA) is 62.7 Å². The molecule has 2 heterocycles. The summed E-state index contributed by atoms with van der Waals surface area (Å²) in [6, 6.07) is 2.81. The number of halogens is 1. The van der Waals surface area contributed by atoms with Crippen LogP contribution in [0, 0.1) is 12.7 Å². The number of aryl methyl sites for hydroxylation is 1. The number of pyridine rings is 1. The van der Waals surface area contributed by atoms with Crippen LogP contribution in [0.15, 0.2) is 18.3 Å². The van der Waals surface area contributed by atoms with Gasteiger partial charge in [-0.25, -0.2) is 9.18 Å². The molecule has 0 saturated carbocycles. The number of benzene rings is 1. The molecule has 0 aliphatic carbocycles. The number of nitrogens with zero attached hydrogens (tertiary/aromatic N) is 2. The van der Waals surface area contributed by atoms with Crippen LogP contribution in [0.3, 0.4) is 0 Å². The first-order chi connectivity index (χ1) is 11.3. The standard InChI is InChI=1S/C18H21FN2O3/c1-4-24-17(22)14-9-20-15-11(2)7-12(19)8-13(15)16(14)21-6-5-18(3,23)10-21/h7-9,23H,4-6,10H2,1-3H3. The molecule has 1 saturated heterocycles. The summed E-state index contributed by atoms with van der Waals surface area (Å²) in [7, 11) is 0. The molecule has 1 aliphatic heterocycles. The lowest BCUT2D eigenvalue weighted by Gasteiger charge is -2.24. The van der Waals surface area contributed by atoms with Crippen molar-refractivity contribution >= 4 is 22.6 Å². The summed E-state index contributed by atoms with van der Waals surface area (Å²) in [5.74, 6) is -0.870. The fourth-order valence-electron chi connectivity index (χ4n) is 3.26. The first-order valence-corrected chi connectivity index (χ1v) is 8.05. The Bertz CT molecular complexity index is 804. The summed E-state index contributed by atoms with van der Waals surface area (Å²) in [5.41, 5.74) is 1.38. The maximum atomic E-state index is 14.0. The summed E-state index contributed by atoms with van der Waals surface area (Å²) >= 11 is 0. The number of fused-ring (bicyclic) bond motifs is 1. The third-order valence-electron chi connectivity index (χ3n) is 4.36. The Morgan fingerprint density at radius 2 is 2.25 bits per heavy atom. The van der Waals surface area contributed by atoms with E-state index in [2.05, 4.69) is 4.98 Å². The van der Waals surface area contributed by atoms with E-state index in [0.717, 1.165) is 0 Å². The number of carbonyl (C=O) groups excluding carboxylic acids is 1. The average Bonchev–Trinajstić information content (AvgIpc) is 2.86. The fourth-order valence-corrected chi connectivity index (χ4v) is 3.26. The van der Waals surface area contributed by atoms with Gasteiger partial charge in [-0.1, -0.05) is 0 Å². The van der Waals surface area contributed by atoms with Crippen LogP contribution >= 0.6 is 0 Å². The molecule has 0 amide bonds. The van der Waals surface area contributed by atoms with Crippen molar-refractivity contribution in [3.63, 3.8) is 0 Å². The lowest BCUT2D eigenvalue weighted by Crippen LogP contribution is -2.30. The maximum absolute atomic E-state index is 14.0. The van der Waals surface area contributed by atoms with Gasteiger partial charge in [0.25, 0.3) is 0 Å². The molecule has 0 spiro atoms. The Labute approximate surface area is 140 Å². The Hall–Kier alpha value is -2.21. The zero-order valence-electron chi connectivity index (χ0n) is 14.1. The van der Waals surface area contributed by atoms with Gasteiger partial charge in [-0.05, 0) is 44.9 Å². The molecule has 0 radical (unpaired) electrons. The Balaban J connectivity index is 2.24. The van der Waals surface area contributed by atoms with Crippen LogP contribution in [0.5, 0.6) is 0 Å². The first-order valence-electron chi connectivity index (χ1n) is 8.05. The minimum atomic E-state index is -0.843. The molecule has 1 fully saturated rings. The van der Waals surface area contributed by atoms with Crippen LogP contribution in [0.4, 0.5) is 10.1 Å². The predicted octanol–water partition coefficient (Wildman–Crippen LogP) is 2.82. The van der Waals surface area contributed by atoms with Gasteiger partial charge in [-0.15, -0.1) is 0 Å². The number of aromatic nitrogens is 1. The molecule has 1 aromatic heterocycles. The van der Waals surface area contributed by atoms with Gasteiger partial charge in [0.15, 0.2) is 0 Å². The third kappa shape index (κ3) is 2.94. The maximum Gasteiger partial charge on any atom is 0.341 e. The normalized spacial score (nSPS) is 20.6. The van der Waals surface area contributed by atoms with Crippen LogP contribution in [0.1, 0.15) is 36.2 Å². The van der Waals surface area contributed by atoms with Crippen molar-refractivity contribution in [1.82, 2.24) is 4.98 Å². The third-order valence-corrected chi connectivity index (χ3v) is 4.36. The zero-order valence-corrected chi connectivity index (χ0v) is 14.1. The van der Waals surface area contributed by atoms with Gasteiger partial charge in [-0.3, -0.25) is 4.98 Å². The van der Waals surface area contributed by atoms with E-state index in [0.29, 0.717) is 47.2 Å². The van der Waals surface area contributed by atoms with E-state index >= 15 is 0 Å². The highest BCUT2D eigenvalue weighted by atomic mass is 19.1. The Morgan fingerprint density at radius 3 is 2.88 bits per heavy atom. The van der Waals surface area contributed by atoms with E-state index in [-0.39, 0.29) is 12.4 Å². The predicted molar refractivity (Wildman–Crippen MR) is 89.8 cm³/mol. The van der Waals surface area contributed by atoms with E-state index in [1.807, 2.05) is 4.90 Å². The molecule has 1 atom stereocenters. The number of hydrogen-bond donors (Lipinski definition) is 1. The highest BCUT2D eigenvalue weighted by Gasteiger charge is 2.34. The van der Waals surface area contributed by atoms with Crippen LogP contribution < -0.4 is 4.90 Å². The van der Waals surface area contributed by atoms with E-state index in [1.165, 1.54) is 18.3 Å². The van der Waals surface area contributed by atoms with Gasteiger partial charge in [0.2, 0.25) is 0 Å². The summed E-state index contributed by atoms with van der Waals surface area (Å²) < 4.78 is 19.1. The molecule has 0 bridgehead atoms. The summed E-state index contributed by atoms with van der Waals surface area (Å²) in [4.78, 5) is 18.6. The lowest BCUT2D eigenvalue weighted by molar-refractivity contribution is 0.0526. The van der Waals surface area contributed by atoms with E-state index in [4.69, 9.17) is 4.74 Å². The molecule has 2 aromatic rings. The van der Waals surface area contributed by atoms with Gasteiger partial charge in [0.1, 0.15) is 11.4 Å². The number of β-amino-alcohol motifs (C(OH)–C–C–N with tert-alkyl or cyclic N) is 1. The molecule has 24 heavy (non-hydrogen) atoms. The molecule has 5 nitrogen and oxygen atoms in total. The van der Waals surface area contributed by atoms with Crippen molar-refractivity contribution in [3.8, 4) is 0 Å². The van der Waals surface area contributed by atoms with Gasteiger partial charge < -0.3 is 14.7 Å². The molecule has 6 heteroatoms. The SMILES string of the molecule is CCOC(=O)c1cnc2c(C)cc(F)cc2c1N1CCC(C)(O)C1. The lowest BCUT2D eigenvalue weighted by atomic mass is 10.0. The van der Waals surface area contributed by atoms with Crippen LogP contribution in [-0.2, 0) is 4.74 Å². The second-order valence-electron chi connectivity index (χ2n) is 6.53. The van der Waals surface area contributed by atoms with Crippen LogP contribution in [0.2, 0.25) is 0 Å². The van der Waals surface area contributed by atoms with E-state index < -0.39 is 11.6 Å². The van der Waals surface area contributed by atoms with Crippen LogP contribution in [0.25, 0.3) is 10.9 Å². The van der Waals surface area contributed by atoms with E-state index in [1.54, 1.807) is 20.8 Å². The number of esters is 1. The minimum Gasteiger partial charge on any atom is -0.462 e. The first kappa shape index (κ1) is 16.6. The number of aliphatic hydroxyl groups is 1. The largest absolute Gasteiger partial charge is 0.462 e. The summed E-state index contributed by atoms with van der Waals surface area (Å²) in [6.45, 7) is 6.47. The summed E-state index contributed by atoms with van der Waals surface area (Å²) in [6.07, 6.45) is 2.06. The fraction of sp³-hybridized carbons (Fsp3) is 0.444. The number of carbonyl (C=O) groups is 1. The molecular weight excluding hydrogens is 311 g/mol. The highest BCUT2D eigenvalue weighted by Crippen LogP contribution is 2.36. The zero-order chi connectivity index (χ0) is 17.5.